The minimum atomic E-state index is 0.387. The minimum Gasteiger partial charge on any atom is -0.497 e. The number of rotatable bonds is 5. The van der Waals surface area contributed by atoms with Gasteiger partial charge in [0.15, 0.2) is 0 Å². The van der Waals surface area contributed by atoms with Crippen molar-refractivity contribution >= 4 is 0 Å². The fourth-order valence-corrected chi connectivity index (χ4v) is 3.09. The molecule has 1 aliphatic carbocycles. The number of methoxy groups -OCH3 is 1. The van der Waals surface area contributed by atoms with E-state index in [0.29, 0.717) is 12.1 Å². The van der Waals surface area contributed by atoms with Crippen molar-refractivity contribution in [3.63, 3.8) is 0 Å². The van der Waals surface area contributed by atoms with Gasteiger partial charge in [0.25, 0.3) is 0 Å². The molecule has 0 amide bonds. The van der Waals surface area contributed by atoms with Crippen molar-refractivity contribution in [1.82, 2.24) is 5.32 Å². The Kier molecular flexibility index (Phi) is 4.26. The van der Waals surface area contributed by atoms with Gasteiger partial charge in [-0.05, 0) is 48.9 Å². The number of hydrogen-bond donors (Lipinski definition) is 1. The molecule has 1 fully saturated rings. The van der Waals surface area contributed by atoms with Gasteiger partial charge in [0.2, 0.25) is 0 Å². The second-order valence-electron chi connectivity index (χ2n) is 5.94. The molecule has 2 nitrogen and oxygen atoms in total. The summed E-state index contributed by atoms with van der Waals surface area (Å²) in [4.78, 5) is 0. The highest BCUT2D eigenvalue weighted by Gasteiger charge is 2.30. The number of benzene rings is 2. The maximum Gasteiger partial charge on any atom is 0.118 e. The van der Waals surface area contributed by atoms with E-state index < -0.39 is 0 Å². The third-order valence-corrected chi connectivity index (χ3v) is 4.51. The van der Waals surface area contributed by atoms with Gasteiger partial charge >= 0.3 is 0 Å². The van der Waals surface area contributed by atoms with Crippen LogP contribution in [0.4, 0.5) is 0 Å². The lowest BCUT2D eigenvalue weighted by atomic mass is 9.75. The van der Waals surface area contributed by atoms with Crippen LogP contribution in [0.15, 0.2) is 54.6 Å². The molecule has 0 aliphatic heterocycles. The van der Waals surface area contributed by atoms with E-state index in [-0.39, 0.29) is 0 Å². The molecule has 1 saturated carbocycles. The van der Waals surface area contributed by atoms with E-state index in [1.54, 1.807) is 7.11 Å². The lowest BCUT2D eigenvalue weighted by Crippen LogP contribution is -2.41. The first-order valence-electron chi connectivity index (χ1n) is 7.71. The van der Waals surface area contributed by atoms with Gasteiger partial charge in [-0.15, -0.1) is 0 Å². The molecule has 3 rings (SSSR count). The Labute approximate surface area is 127 Å². The van der Waals surface area contributed by atoms with Gasteiger partial charge in [0, 0.05) is 12.1 Å². The van der Waals surface area contributed by atoms with Crippen LogP contribution in [-0.2, 0) is 0 Å². The van der Waals surface area contributed by atoms with Crippen molar-refractivity contribution in [2.24, 2.45) is 0 Å². The third kappa shape index (κ3) is 3.27. The van der Waals surface area contributed by atoms with Crippen LogP contribution in [0.2, 0.25) is 0 Å². The van der Waals surface area contributed by atoms with E-state index in [9.17, 15) is 0 Å². The second kappa shape index (κ2) is 6.31. The zero-order valence-electron chi connectivity index (χ0n) is 12.8. The molecule has 0 aromatic heterocycles. The van der Waals surface area contributed by atoms with Crippen LogP contribution in [0.25, 0.3) is 0 Å². The summed E-state index contributed by atoms with van der Waals surface area (Å²) >= 11 is 0. The zero-order chi connectivity index (χ0) is 14.7. The average Bonchev–Trinajstić information content (AvgIpc) is 2.51. The van der Waals surface area contributed by atoms with Gasteiger partial charge in [-0.25, -0.2) is 0 Å². The standard InChI is InChI=1S/C19H23NO/c1-14(15-8-10-19(21-2)11-9-15)20-18-12-17(13-18)16-6-4-3-5-7-16/h3-11,14,17-18,20H,12-13H2,1-2H3/t14-,17?,18?/m0/s1. The fourth-order valence-electron chi connectivity index (χ4n) is 3.09. The SMILES string of the molecule is COc1ccc([C@H](C)NC2CC(c3ccccc3)C2)cc1. The van der Waals surface area contributed by atoms with Crippen molar-refractivity contribution < 1.29 is 4.74 Å². The molecule has 2 aromatic carbocycles. The predicted molar refractivity (Wildman–Crippen MR) is 86.7 cm³/mol. The summed E-state index contributed by atoms with van der Waals surface area (Å²) in [6.45, 7) is 2.23. The van der Waals surface area contributed by atoms with E-state index >= 15 is 0 Å². The van der Waals surface area contributed by atoms with Crippen LogP contribution in [0.3, 0.4) is 0 Å². The number of ether oxygens (including phenoxy) is 1. The van der Waals surface area contributed by atoms with Gasteiger partial charge in [-0.1, -0.05) is 42.5 Å². The molecule has 0 saturated heterocycles. The lowest BCUT2D eigenvalue weighted by molar-refractivity contribution is 0.271. The highest BCUT2D eigenvalue weighted by Crippen LogP contribution is 2.37. The maximum absolute atomic E-state index is 5.20. The fraction of sp³-hybridized carbons (Fsp3) is 0.368. The molecular formula is C19H23NO. The largest absolute Gasteiger partial charge is 0.497 e. The monoisotopic (exact) mass is 281 g/mol. The topological polar surface area (TPSA) is 21.3 Å². The van der Waals surface area contributed by atoms with Crippen LogP contribution in [0, 0.1) is 0 Å². The molecule has 0 spiro atoms. The van der Waals surface area contributed by atoms with Crippen LogP contribution in [0.5, 0.6) is 5.75 Å². The Hall–Kier alpha value is -1.80. The Morgan fingerprint density at radius 2 is 1.67 bits per heavy atom. The highest BCUT2D eigenvalue weighted by atomic mass is 16.5. The molecule has 1 N–H and O–H groups in total. The maximum atomic E-state index is 5.20. The molecule has 21 heavy (non-hydrogen) atoms. The van der Waals surface area contributed by atoms with Gasteiger partial charge in [-0.2, -0.15) is 0 Å². The molecule has 2 aromatic rings. The van der Waals surface area contributed by atoms with E-state index in [1.165, 1.54) is 24.0 Å². The van der Waals surface area contributed by atoms with E-state index in [2.05, 4.69) is 54.7 Å². The summed E-state index contributed by atoms with van der Waals surface area (Å²) in [6, 6.07) is 20.2. The predicted octanol–water partition coefficient (Wildman–Crippen LogP) is 4.29. The quantitative estimate of drug-likeness (QED) is 0.882. The van der Waals surface area contributed by atoms with Gasteiger partial charge in [0.1, 0.15) is 5.75 Å². The first-order valence-corrected chi connectivity index (χ1v) is 7.71. The highest BCUT2D eigenvalue weighted by molar-refractivity contribution is 5.29. The second-order valence-corrected chi connectivity index (χ2v) is 5.94. The van der Waals surface area contributed by atoms with E-state index in [0.717, 1.165) is 11.7 Å². The molecule has 1 aliphatic rings. The summed E-state index contributed by atoms with van der Waals surface area (Å²) < 4.78 is 5.20. The Morgan fingerprint density at radius 1 is 1.00 bits per heavy atom. The molecule has 1 atom stereocenters. The van der Waals surface area contributed by atoms with Crippen molar-refractivity contribution in [2.45, 2.75) is 37.8 Å². The van der Waals surface area contributed by atoms with Gasteiger partial charge in [0.05, 0.1) is 7.11 Å². The number of nitrogens with one attached hydrogen (secondary N) is 1. The van der Waals surface area contributed by atoms with Gasteiger partial charge in [-0.3, -0.25) is 0 Å². The van der Waals surface area contributed by atoms with Crippen LogP contribution in [-0.4, -0.2) is 13.2 Å². The smallest absolute Gasteiger partial charge is 0.118 e. The first kappa shape index (κ1) is 14.2. The number of hydrogen-bond acceptors (Lipinski definition) is 2. The molecule has 110 valence electrons. The summed E-state index contributed by atoms with van der Waals surface area (Å²) in [7, 11) is 1.70. The Morgan fingerprint density at radius 3 is 2.29 bits per heavy atom. The summed E-state index contributed by atoms with van der Waals surface area (Å²) in [5.74, 6) is 1.64. The van der Waals surface area contributed by atoms with Crippen LogP contribution in [0.1, 0.15) is 42.9 Å². The molecule has 0 radical (unpaired) electrons. The van der Waals surface area contributed by atoms with E-state index in [1.807, 2.05) is 12.1 Å². The normalized spacial score (nSPS) is 22.4. The minimum absolute atomic E-state index is 0.387. The lowest BCUT2D eigenvalue weighted by Gasteiger charge is -2.38. The van der Waals surface area contributed by atoms with E-state index in [4.69, 9.17) is 4.74 Å². The van der Waals surface area contributed by atoms with Crippen LogP contribution < -0.4 is 10.1 Å². The van der Waals surface area contributed by atoms with Crippen molar-refractivity contribution in [1.29, 1.82) is 0 Å². The Balaban J connectivity index is 1.51. The molecule has 0 bridgehead atoms. The average molecular weight is 281 g/mol. The Bertz CT molecular complexity index is 558. The summed E-state index contributed by atoms with van der Waals surface area (Å²) in [6.07, 6.45) is 2.48. The van der Waals surface area contributed by atoms with Crippen molar-refractivity contribution in [3.8, 4) is 5.75 Å². The summed E-state index contributed by atoms with van der Waals surface area (Å²) in [5, 5.41) is 3.73. The van der Waals surface area contributed by atoms with Crippen LogP contribution >= 0.6 is 0 Å². The molecule has 2 heteroatoms. The summed E-state index contributed by atoms with van der Waals surface area (Å²) in [5.41, 5.74) is 2.80. The molecule has 0 unspecified atom stereocenters. The zero-order valence-corrected chi connectivity index (χ0v) is 12.8. The molecule has 0 heterocycles. The third-order valence-electron chi connectivity index (χ3n) is 4.51. The van der Waals surface area contributed by atoms with Gasteiger partial charge < -0.3 is 10.1 Å². The van der Waals surface area contributed by atoms with Crippen molar-refractivity contribution in [2.75, 3.05) is 7.11 Å². The first-order chi connectivity index (χ1) is 10.3. The molecular weight excluding hydrogens is 258 g/mol. The van der Waals surface area contributed by atoms with Crippen molar-refractivity contribution in [3.05, 3.63) is 65.7 Å².